The highest BCUT2D eigenvalue weighted by Gasteiger charge is 2.40. The summed E-state index contributed by atoms with van der Waals surface area (Å²) in [6, 6.07) is 11.7. The number of fused-ring (bicyclic) bond motifs is 1. The molecule has 0 saturated carbocycles. The van der Waals surface area contributed by atoms with Gasteiger partial charge in [0, 0.05) is 31.9 Å². The van der Waals surface area contributed by atoms with Crippen molar-refractivity contribution in [3.05, 3.63) is 60.6 Å². The number of hydrogen-bond donors (Lipinski definition) is 0. The van der Waals surface area contributed by atoms with E-state index in [0.717, 1.165) is 37.5 Å². The molecule has 2 aromatic heterocycles. The minimum absolute atomic E-state index is 0.0224. The monoisotopic (exact) mass is 418 g/mol. The summed E-state index contributed by atoms with van der Waals surface area (Å²) in [6.07, 6.45) is 7.16. The number of amides is 1. The Bertz CT molecular complexity index is 1050. The SMILES string of the molecule is CCOc1ccnc(N2CC[C@@H]3CCN(C(=O)c4ccccc4-n4nccn4)C[C@@H]32)c1. The predicted molar refractivity (Wildman–Crippen MR) is 117 cm³/mol. The summed E-state index contributed by atoms with van der Waals surface area (Å²) < 4.78 is 5.66. The largest absolute Gasteiger partial charge is 0.494 e. The van der Waals surface area contributed by atoms with Crippen LogP contribution < -0.4 is 9.64 Å². The summed E-state index contributed by atoms with van der Waals surface area (Å²) in [7, 11) is 0. The molecule has 160 valence electrons. The number of rotatable bonds is 5. The molecule has 0 bridgehead atoms. The Morgan fingerprint density at radius 1 is 1.10 bits per heavy atom. The molecule has 0 radical (unpaired) electrons. The number of benzene rings is 1. The minimum Gasteiger partial charge on any atom is -0.494 e. The highest BCUT2D eigenvalue weighted by Crippen LogP contribution is 2.35. The van der Waals surface area contributed by atoms with Crippen molar-refractivity contribution in [2.45, 2.75) is 25.8 Å². The Morgan fingerprint density at radius 2 is 1.90 bits per heavy atom. The zero-order valence-electron chi connectivity index (χ0n) is 17.6. The first kappa shape index (κ1) is 19.5. The van der Waals surface area contributed by atoms with Crippen molar-refractivity contribution in [3.63, 3.8) is 0 Å². The van der Waals surface area contributed by atoms with Gasteiger partial charge in [0.25, 0.3) is 5.91 Å². The van der Waals surface area contributed by atoms with Gasteiger partial charge in [0.2, 0.25) is 0 Å². The van der Waals surface area contributed by atoms with Gasteiger partial charge in [-0.05, 0) is 43.9 Å². The summed E-state index contributed by atoms with van der Waals surface area (Å²) in [5, 5.41) is 8.42. The smallest absolute Gasteiger partial charge is 0.256 e. The van der Waals surface area contributed by atoms with Crippen LogP contribution in [0.2, 0.25) is 0 Å². The van der Waals surface area contributed by atoms with Crippen LogP contribution in [-0.4, -0.2) is 63.1 Å². The maximum atomic E-state index is 13.5. The molecule has 2 fully saturated rings. The van der Waals surface area contributed by atoms with Crippen LogP contribution in [0.25, 0.3) is 5.69 Å². The van der Waals surface area contributed by atoms with Crippen molar-refractivity contribution in [1.82, 2.24) is 24.9 Å². The van der Waals surface area contributed by atoms with E-state index in [9.17, 15) is 4.79 Å². The van der Waals surface area contributed by atoms with Crippen molar-refractivity contribution in [2.24, 2.45) is 5.92 Å². The van der Waals surface area contributed by atoms with Crippen LogP contribution in [-0.2, 0) is 0 Å². The molecule has 0 spiro atoms. The van der Waals surface area contributed by atoms with Gasteiger partial charge in [-0.1, -0.05) is 12.1 Å². The molecule has 8 nitrogen and oxygen atoms in total. The molecule has 31 heavy (non-hydrogen) atoms. The zero-order chi connectivity index (χ0) is 21.2. The molecule has 1 aromatic carbocycles. The lowest BCUT2D eigenvalue weighted by molar-refractivity contribution is 0.0678. The Balaban J connectivity index is 1.38. The van der Waals surface area contributed by atoms with E-state index < -0.39 is 0 Å². The van der Waals surface area contributed by atoms with Gasteiger partial charge in [-0.15, -0.1) is 0 Å². The fraction of sp³-hybridized carbons (Fsp3) is 0.391. The van der Waals surface area contributed by atoms with Gasteiger partial charge >= 0.3 is 0 Å². The fourth-order valence-corrected chi connectivity index (χ4v) is 4.76. The normalized spacial score (nSPS) is 20.5. The molecular formula is C23H26N6O2. The van der Waals surface area contributed by atoms with Gasteiger partial charge in [0.05, 0.1) is 36.3 Å². The third kappa shape index (κ3) is 3.73. The Labute approximate surface area is 181 Å². The van der Waals surface area contributed by atoms with E-state index in [2.05, 4.69) is 20.1 Å². The van der Waals surface area contributed by atoms with Crippen molar-refractivity contribution in [2.75, 3.05) is 31.1 Å². The molecule has 0 N–H and O–H groups in total. The molecule has 0 aliphatic carbocycles. The molecule has 2 aliphatic heterocycles. The van der Waals surface area contributed by atoms with E-state index >= 15 is 0 Å². The Hall–Kier alpha value is -3.42. The van der Waals surface area contributed by atoms with Crippen LogP contribution in [0.3, 0.4) is 0 Å². The standard InChI is InChI=1S/C23H26N6O2/c1-2-31-18-7-10-24-22(15-18)28-14-9-17-8-13-27(16-21(17)28)23(30)19-5-3-4-6-20(19)29-25-11-12-26-29/h3-7,10-12,15,17,21H,2,8-9,13-14,16H2,1H3/t17-,21-/m0/s1. The third-order valence-electron chi connectivity index (χ3n) is 6.24. The summed E-state index contributed by atoms with van der Waals surface area (Å²) >= 11 is 0. The van der Waals surface area contributed by atoms with Crippen molar-refractivity contribution < 1.29 is 9.53 Å². The molecule has 2 atom stereocenters. The Morgan fingerprint density at radius 3 is 2.74 bits per heavy atom. The lowest BCUT2D eigenvalue weighted by Gasteiger charge is -2.39. The van der Waals surface area contributed by atoms with Gasteiger partial charge in [0.1, 0.15) is 11.6 Å². The number of aromatic nitrogens is 4. The molecule has 2 saturated heterocycles. The number of carbonyl (C=O) groups excluding carboxylic acids is 1. The summed E-state index contributed by atoms with van der Waals surface area (Å²) in [5.41, 5.74) is 1.33. The van der Waals surface area contributed by atoms with E-state index in [4.69, 9.17) is 4.74 Å². The Kier molecular flexibility index (Phi) is 5.28. The van der Waals surface area contributed by atoms with Crippen molar-refractivity contribution >= 4 is 11.7 Å². The number of anilines is 1. The first-order valence-corrected chi connectivity index (χ1v) is 10.8. The molecule has 8 heteroatoms. The number of piperidine rings is 1. The summed E-state index contributed by atoms with van der Waals surface area (Å²) in [5.74, 6) is 2.35. The second-order valence-electron chi connectivity index (χ2n) is 7.97. The predicted octanol–water partition coefficient (Wildman–Crippen LogP) is 2.80. The maximum Gasteiger partial charge on any atom is 0.256 e. The van der Waals surface area contributed by atoms with E-state index in [1.807, 2.05) is 48.2 Å². The van der Waals surface area contributed by atoms with Crippen LogP contribution in [0, 0.1) is 5.92 Å². The van der Waals surface area contributed by atoms with Gasteiger partial charge in [-0.3, -0.25) is 4.79 Å². The number of pyridine rings is 1. The molecule has 5 rings (SSSR count). The minimum atomic E-state index is 0.0224. The topological polar surface area (TPSA) is 76.4 Å². The summed E-state index contributed by atoms with van der Waals surface area (Å²) in [4.78, 5) is 23.9. The molecule has 0 unspecified atom stereocenters. The van der Waals surface area contributed by atoms with Crippen molar-refractivity contribution in [1.29, 1.82) is 0 Å². The quantitative estimate of drug-likeness (QED) is 0.634. The number of carbonyl (C=O) groups is 1. The molecule has 2 aliphatic rings. The average molecular weight is 419 g/mol. The van der Waals surface area contributed by atoms with E-state index in [1.54, 1.807) is 18.6 Å². The lowest BCUT2D eigenvalue weighted by Crippen LogP contribution is -2.50. The van der Waals surface area contributed by atoms with E-state index in [1.165, 1.54) is 4.80 Å². The first-order valence-electron chi connectivity index (χ1n) is 10.8. The zero-order valence-corrected chi connectivity index (χ0v) is 17.6. The van der Waals surface area contributed by atoms with Gasteiger partial charge in [-0.2, -0.15) is 15.0 Å². The van der Waals surface area contributed by atoms with E-state index in [-0.39, 0.29) is 11.9 Å². The second kappa shape index (κ2) is 8.37. The highest BCUT2D eigenvalue weighted by molar-refractivity contribution is 5.97. The summed E-state index contributed by atoms with van der Waals surface area (Å²) in [6.45, 7) is 5.01. The lowest BCUT2D eigenvalue weighted by atomic mass is 9.91. The fourth-order valence-electron chi connectivity index (χ4n) is 4.76. The number of nitrogens with zero attached hydrogens (tertiary/aromatic N) is 6. The van der Waals surface area contributed by atoms with Crippen LogP contribution in [0.5, 0.6) is 5.75 Å². The molecular weight excluding hydrogens is 392 g/mol. The second-order valence-corrected chi connectivity index (χ2v) is 7.97. The van der Waals surface area contributed by atoms with Crippen LogP contribution in [0.1, 0.15) is 30.1 Å². The molecule has 1 amide bonds. The van der Waals surface area contributed by atoms with Gasteiger partial charge < -0.3 is 14.5 Å². The number of likely N-dealkylation sites (tertiary alicyclic amines) is 1. The van der Waals surface area contributed by atoms with E-state index in [0.29, 0.717) is 30.3 Å². The molecule has 3 aromatic rings. The van der Waals surface area contributed by atoms with Crippen molar-refractivity contribution in [3.8, 4) is 11.4 Å². The number of ether oxygens (including phenoxy) is 1. The third-order valence-corrected chi connectivity index (χ3v) is 6.24. The molecule has 4 heterocycles. The van der Waals surface area contributed by atoms with Crippen LogP contribution in [0.4, 0.5) is 5.82 Å². The first-order chi connectivity index (χ1) is 15.2. The maximum absolute atomic E-state index is 13.5. The van der Waals surface area contributed by atoms with Gasteiger partial charge in [-0.25, -0.2) is 4.98 Å². The highest BCUT2D eigenvalue weighted by atomic mass is 16.5. The number of para-hydroxylation sites is 1. The van der Waals surface area contributed by atoms with Crippen LogP contribution >= 0.6 is 0 Å². The average Bonchev–Trinajstić information content (AvgIpc) is 3.49. The van der Waals surface area contributed by atoms with Gasteiger partial charge in [0.15, 0.2) is 0 Å². The van der Waals surface area contributed by atoms with Crippen LogP contribution in [0.15, 0.2) is 55.0 Å². The number of hydrogen-bond acceptors (Lipinski definition) is 6.